The van der Waals surface area contributed by atoms with Gasteiger partial charge < -0.3 is 5.11 Å². The van der Waals surface area contributed by atoms with Crippen LogP contribution in [0.4, 0.5) is 11.4 Å². The van der Waals surface area contributed by atoms with Crippen LogP contribution >= 0.6 is 0 Å². The third-order valence-corrected chi connectivity index (χ3v) is 5.02. The second-order valence-electron chi connectivity index (χ2n) is 7.36. The summed E-state index contributed by atoms with van der Waals surface area (Å²) in [5, 5.41) is 28.4. The molecule has 0 aliphatic rings. The van der Waals surface area contributed by atoms with E-state index in [0.29, 0.717) is 17.8 Å². The molecule has 0 amide bonds. The molecular formula is C22H28N4O5S. The summed E-state index contributed by atoms with van der Waals surface area (Å²) in [7, 11) is -3.11. The van der Waals surface area contributed by atoms with Crippen LogP contribution in [0.25, 0.3) is 0 Å². The zero-order valence-corrected chi connectivity index (χ0v) is 19.5. The number of unbranched alkanes of at least 4 members (excludes halogenated alkanes) is 1. The molecule has 1 aromatic heterocycles. The van der Waals surface area contributed by atoms with Crippen LogP contribution in [0.1, 0.15) is 56.2 Å². The van der Waals surface area contributed by atoms with E-state index in [1.165, 1.54) is 4.57 Å². The van der Waals surface area contributed by atoms with E-state index in [9.17, 15) is 15.2 Å². The average Bonchev–Trinajstić information content (AvgIpc) is 2.73. The molecule has 1 heterocycles. The Kier molecular flexibility index (Phi) is 11.0. The van der Waals surface area contributed by atoms with E-state index in [1.54, 1.807) is 13.0 Å². The van der Waals surface area contributed by atoms with Crippen molar-refractivity contribution in [3.63, 3.8) is 0 Å². The fourth-order valence-corrected chi connectivity index (χ4v) is 3.20. The summed E-state index contributed by atoms with van der Waals surface area (Å²) in [6, 6.07) is 9.48. The molecule has 0 fully saturated rings. The number of hydrogen-bond acceptors (Lipinski definition) is 8. The molecule has 1 aromatic carbocycles. The summed E-state index contributed by atoms with van der Waals surface area (Å²) in [5.41, 5.74) is 1.77. The van der Waals surface area contributed by atoms with E-state index < -0.39 is 16.2 Å². The lowest BCUT2D eigenvalue weighted by Crippen LogP contribution is -2.25. The van der Waals surface area contributed by atoms with Crippen molar-refractivity contribution in [1.82, 2.24) is 4.57 Å². The van der Waals surface area contributed by atoms with E-state index in [4.69, 9.17) is 12.6 Å². The standard InChI is InChI=1S/C22H28N4O2.O3S/c1-5-7-10-17(6-2)14-26-21(27)19(13-23)16(4)20(22(26)28)25-24-18-11-8-9-15(3)12-18;1-4(2)3/h8-9,11-12,17,27H,5-7,10,14H2,1-4H3;. The molecule has 0 spiro atoms. The Morgan fingerprint density at radius 2 is 1.84 bits per heavy atom. The van der Waals surface area contributed by atoms with Crippen molar-refractivity contribution in [2.75, 3.05) is 0 Å². The number of pyridine rings is 1. The summed E-state index contributed by atoms with van der Waals surface area (Å²) >= 11 is 0. The predicted molar refractivity (Wildman–Crippen MR) is 120 cm³/mol. The van der Waals surface area contributed by atoms with Gasteiger partial charge in [0.15, 0.2) is 5.69 Å². The minimum atomic E-state index is -3.11. The lowest BCUT2D eigenvalue weighted by Gasteiger charge is -2.19. The molecule has 0 bridgehead atoms. The minimum Gasteiger partial charge on any atom is -0.493 e. The molecule has 1 unspecified atom stereocenters. The Morgan fingerprint density at radius 3 is 2.38 bits per heavy atom. The first-order valence-electron chi connectivity index (χ1n) is 10.3. The molecular weight excluding hydrogens is 432 g/mol. The van der Waals surface area contributed by atoms with E-state index in [2.05, 4.69) is 24.1 Å². The van der Waals surface area contributed by atoms with Crippen molar-refractivity contribution in [2.45, 2.75) is 59.9 Å². The summed E-state index contributed by atoms with van der Waals surface area (Å²) in [6.45, 7) is 8.12. The molecule has 0 aliphatic carbocycles. The average molecular weight is 461 g/mol. The van der Waals surface area contributed by atoms with Gasteiger partial charge in [0.25, 0.3) is 5.56 Å². The molecule has 0 radical (unpaired) electrons. The fraction of sp³-hybridized carbons (Fsp3) is 0.455. The zero-order chi connectivity index (χ0) is 24.3. The molecule has 32 heavy (non-hydrogen) atoms. The first kappa shape index (κ1) is 26.7. The summed E-state index contributed by atoms with van der Waals surface area (Å²) in [4.78, 5) is 13.0. The smallest absolute Gasteiger partial charge is 0.425 e. The van der Waals surface area contributed by atoms with Crippen molar-refractivity contribution < 1.29 is 17.7 Å². The third-order valence-electron chi connectivity index (χ3n) is 5.02. The highest BCUT2D eigenvalue weighted by atomic mass is 32.2. The maximum absolute atomic E-state index is 13.0. The molecule has 0 saturated heterocycles. The predicted octanol–water partition coefficient (Wildman–Crippen LogP) is 4.67. The van der Waals surface area contributed by atoms with Gasteiger partial charge in [0.2, 0.25) is 5.88 Å². The Balaban J connectivity index is 0.00000118. The number of azo groups is 1. The van der Waals surface area contributed by atoms with Gasteiger partial charge in [-0.1, -0.05) is 45.2 Å². The van der Waals surface area contributed by atoms with Crippen molar-refractivity contribution in [1.29, 1.82) is 5.26 Å². The van der Waals surface area contributed by atoms with Crippen LogP contribution in [0.15, 0.2) is 39.3 Å². The number of hydrogen-bond donors (Lipinski definition) is 1. The Bertz CT molecular complexity index is 1160. The van der Waals surface area contributed by atoms with E-state index in [-0.39, 0.29) is 23.0 Å². The van der Waals surface area contributed by atoms with Gasteiger partial charge in [-0.05, 0) is 43.9 Å². The van der Waals surface area contributed by atoms with Crippen molar-refractivity contribution in [3.8, 4) is 11.9 Å². The highest BCUT2D eigenvalue weighted by Crippen LogP contribution is 2.28. The second kappa shape index (κ2) is 13.2. The Labute approximate surface area is 189 Å². The van der Waals surface area contributed by atoms with Gasteiger partial charge in [0, 0.05) is 12.1 Å². The van der Waals surface area contributed by atoms with Crippen LogP contribution in [-0.2, 0) is 17.2 Å². The normalized spacial score (nSPS) is 11.5. The number of benzene rings is 1. The number of rotatable bonds is 8. The molecule has 1 N–H and O–H groups in total. The molecule has 0 saturated carbocycles. The van der Waals surface area contributed by atoms with Gasteiger partial charge in [-0.2, -0.15) is 10.4 Å². The van der Waals surface area contributed by atoms with Gasteiger partial charge in [0.1, 0.15) is 11.6 Å². The first-order chi connectivity index (χ1) is 15.2. The topological polar surface area (TPSA) is 142 Å². The number of nitrogens with zero attached hydrogens (tertiary/aromatic N) is 4. The highest BCUT2D eigenvalue weighted by Gasteiger charge is 2.21. The largest absolute Gasteiger partial charge is 0.493 e. The monoisotopic (exact) mass is 460 g/mol. The van der Waals surface area contributed by atoms with Gasteiger partial charge in [0.05, 0.1) is 5.69 Å². The van der Waals surface area contributed by atoms with E-state index in [0.717, 1.165) is 31.2 Å². The number of aromatic hydroxyl groups is 1. The third kappa shape index (κ3) is 7.74. The molecule has 9 nitrogen and oxygen atoms in total. The summed E-state index contributed by atoms with van der Waals surface area (Å²) < 4.78 is 26.6. The number of aryl methyl sites for hydroxylation is 1. The lowest BCUT2D eigenvalue weighted by molar-refractivity contribution is 0.339. The lowest BCUT2D eigenvalue weighted by atomic mass is 9.99. The van der Waals surface area contributed by atoms with Crippen LogP contribution < -0.4 is 5.56 Å². The molecule has 10 heteroatoms. The number of nitriles is 1. The van der Waals surface area contributed by atoms with Crippen molar-refractivity contribution in [3.05, 3.63) is 51.3 Å². The quantitative estimate of drug-likeness (QED) is 0.567. The van der Waals surface area contributed by atoms with Crippen LogP contribution in [0, 0.1) is 31.1 Å². The van der Waals surface area contributed by atoms with Gasteiger partial charge in [-0.3, -0.25) is 9.36 Å². The van der Waals surface area contributed by atoms with Gasteiger partial charge in [-0.25, -0.2) is 0 Å². The van der Waals surface area contributed by atoms with Gasteiger partial charge >= 0.3 is 10.6 Å². The molecule has 2 rings (SSSR count). The van der Waals surface area contributed by atoms with Gasteiger partial charge in [-0.15, -0.1) is 17.7 Å². The van der Waals surface area contributed by atoms with Crippen LogP contribution in [0.2, 0.25) is 0 Å². The summed E-state index contributed by atoms with van der Waals surface area (Å²) in [6.07, 6.45) is 3.99. The fourth-order valence-electron chi connectivity index (χ4n) is 3.20. The van der Waals surface area contributed by atoms with Crippen LogP contribution in [-0.4, -0.2) is 22.3 Å². The maximum Gasteiger partial charge on any atom is 0.425 e. The second-order valence-corrected chi connectivity index (χ2v) is 7.77. The van der Waals surface area contributed by atoms with E-state index in [1.807, 2.05) is 31.2 Å². The van der Waals surface area contributed by atoms with E-state index >= 15 is 0 Å². The molecule has 172 valence electrons. The van der Waals surface area contributed by atoms with Crippen molar-refractivity contribution >= 4 is 22.0 Å². The molecule has 2 aromatic rings. The zero-order valence-electron chi connectivity index (χ0n) is 18.7. The Hall–Kier alpha value is -3.32. The van der Waals surface area contributed by atoms with Crippen molar-refractivity contribution in [2.24, 2.45) is 16.1 Å². The maximum atomic E-state index is 13.0. The molecule has 0 aliphatic heterocycles. The van der Waals surface area contributed by atoms with Crippen LogP contribution in [0.3, 0.4) is 0 Å². The minimum absolute atomic E-state index is 0.0723. The SMILES string of the molecule is CCCCC(CC)Cn1c(O)c(C#N)c(C)c(N=Nc2cccc(C)c2)c1=O.O=S(=O)=O. The highest BCUT2D eigenvalue weighted by molar-refractivity contribution is 7.59. The number of aromatic nitrogens is 1. The Morgan fingerprint density at radius 1 is 1.19 bits per heavy atom. The van der Waals surface area contributed by atoms with Crippen LogP contribution in [0.5, 0.6) is 5.88 Å². The summed E-state index contributed by atoms with van der Waals surface area (Å²) in [5.74, 6) is -0.0335. The molecule has 1 atom stereocenters. The first-order valence-corrected chi connectivity index (χ1v) is 11.3.